The third-order valence-corrected chi connectivity index (χ3v) is 5.47. The van der Waals surface area contributed by atoms with E-state index in [0.29, 0.717) is 10.2 Å². The summed E-state index contributed by atoms with van der Waals surface area (Å²) in [5, 5.41) is 0. The molecule has 2 aromatic rings. The molecule has 2 rings (SSSR count). The van der Waals surface area contributed by atoms with Crippen LogP contribution in [0.4, 0.5) is 15.8 Å². The molecule has 0 aliphatic rings. The minimum absolute atomic E-state index is 0.148. The van der Waals surface area contributed by atoms with Crippen molar-refractivity contribution in [3.05, 3.63) is 46.7 Å². The summed E-state index contributed by atoms with van der Waals surface area (Å²) in [4.78, 5) is 0.406. The fourth-order valence-electron chi connectivity index (χ4n) is 1.65. The molecule has 0 spiro atoms. The van der Waals surface area contributed by atoms with Gasteiger partial charge in [0.15, 0.2) is 0 Å². The number of anilines is 2. The quantitative estimate of drug-likeness (QED) is 0.616. The minimum atomic E-state index is -4.04. The fraction of sp³-hybridized carbons (Fsp3) is 0.0769. The van der Waals surface area contributed by atoms with E-state index in [9.17, 15) is 12.8 Å². The van der Waals surface area contributed by atoms with Crippen molar-refractivity contribution >= 4 is 49.1 Å². The van der Waals surface area contributed by atoms with Gasteiger partial charge in [-0.2, -0.15) is 0 Å². The van der Waals surface area contributed by atoms with Crippen molar-refractivity contribution in [1.29, 1.82) is 0 Å². The second kappa shape index (κ2) is 6.25. The molecule has 2 aromatic carbocycles. The lowest BCUT2D eigenvalue weighted by molar-refractivity contribution is 0.570. The lowest BCUT2D eigenvalue weighted by Gasteiger charge is -2.11. The smallest absolute Gasteiger partial charge is 0.264 e. The van der Waals surface area contributed by atoms with Gasteiger partial charge in [0.25, 0.3) is 10.0 Å². The van der Waals surface area contributed by atoms with Gasteiger partial charge in [-0.15, -0.1) is 11.8 Å². The number of benzene rings is 2. The Morgan fingerprint density at radius 3 is 2.67 bits per heavy atom. The molecular weight excluding hydrogens is 379 g/mol. The maximum absolute atomic E-state index is 13.9. The number of nitrogens with two attached hydrogens (primary N) is 1. The van der Waals surface area contributed by atoms with Gasteiger partial charge in [-0.3, -0.25) is 4.72 Å². The second-order valence-corrected chi connectivity index (χ2v) is 7.53. The molecule has 112 valence electrons. The monoisotopic (exact) mass is 390 g/mol. The molecule has 0 unspecified atom stereocenters. The molecule has 0 saturated carbocycles. The Kier molecular flexibility index (Phi) is 4.80. The molecule has 8 heteroatoms. The molecule has 0 bridgehead atoms. The fourth-order valence-corrected chi connectivity index (χ4v) is 3.57. The van der Waals surface area contributed by atoms with Gasteiger partial charge in [0.2, 0.25) is 0 Å². The zero-order valence-electron chi connectivity index (χ0n) is 10.9. The summed E-state index contributed by atoms with van der Waals surface area (Å²) >= 11 is 4.53. The van der Waals surface area contributed by atoms with E-state index in [0.717, 1.165) is 17.0 Å². The highest BCUT2D eigenvalue weighted by Gasteiger charge is 2.21. The van der Waals surface area contributed by atoms with Crippen LogP contribution in [-0.2, 0) is 10.0 Å². The van der Waals surface area contributed by atoms with Gasteiger partial charge >= 0.3 is 0 Å². The highest BCUT2D eigenvalue weighted by atomic mass is 79.9. The first-order chi connectivity index (χ1) is 9.83. The van der Waals surface area contributed by atoms with Crippen LogP contribution in [0.15, 0.2) is 50.7 Å². The van der Waals surface area contributed by atoms with Crippen molar-refractivity contribution in [2.45, 2.75) is 9.79 Å². The molecule has 0 radical (unpaired) electrons. The Labute approximate surface area is 135 Å². The van der Waals surface area contributed by atoms with Crippen LogP contribution < -0.4 is 10.5 Å². The normalized spacial score (nSPS) is 11.4. The van der Waals surface area contributed by atoms with Crippen molar-refractivity contribution in [3.8, 4) is 0 Å². The van der Waals surface area contributed by atoms with Crippen LogP contribution in [-0.4, -0.2) is 14.7 Å². The maximum Gasteiger partial charge on any atom is 0.264 e. The van der Waals surface area contributed by atoms with Gasteiger partial charge in [-0.25, -0.2) is 12.8 Å². The first-order valence-electron chi connectivity index (χ1n) is 5.75. The number of hydrogen-bond donors (Lipinski definition) is 2. The number of rotatable bonds is 4. The zero-order chi connectivity index (χ0) is 15.6. The molecule has 4 nitrogen and oxygen atoms in total. The second-order valence-electron chi connectivity index (χ2n) is 4.14. The number of thioether (sulfide) groups is 1. The van der Waals surface area contributed by atoms with Crippen LogP contribution in [0.1, 0.15) is 0 Å². The van der Waals surface area contributed by atoms with Crippen LogP contribution in [0.3, 0.4) is 0 Å². The first kappa shape index (κ1) is 16.1. The van der Waals surface area contributed by atoms with Crippen LogP contribution in [0.25, 0.3) is 0 Å². The Hall–Kier alpha value is -1.25. The number of halogens is 2. The summed E-state index contributed by atoms with van der Waals surface area (Å²) in [5.74, 6) is -0.871. The molecule has 21 heavy (non-hydrogen) atoms. The Morgan fingerprint density at radius 2 is 2.00 bits per heavy atom. The van der Waals surface area contributed by atoms with Gasteiger partial charge in [0.1, 0.15) is 10.7 Å². The molecule has 0 saturated heterocycles. The molecule has 0 aliphatic heterocycles. The van der Waals surface area contributed by atoms with E-state index in [2.05, 4.69) is 20.7 Å². The highest BCUT2D eigenvalue weighted by Crippen LogP contribution is 2.28. The average molecular weight is 391 g/mol. The van der Waals surface area contributed by atoms with Gasteiger partial charge < -0.3 is 5.73 Å². The number of sulfonamides is 1. The van der Waals surface area contributed by atoms with Gasteiger partial charge in [-0.05, 0) is 52.5 Å². The predicted molar refractivity (Wildman–Crippen MR) is 87.5 cm³/mol. The minimum Gasteiger partial charge on any atom is -0.398 e. The van der Waals surface area contributed by atoms with Gasteiger partial charge in [0, 0.05) is 20.7 Å². The number of hydrogen-bond acceptors (Lipinski definition) is 4. The summed E-state index contributed by atoms with van der Waals surface area (Å²) in [6.07, 6.45) is 1.88. The molecular formula is C13H12BrFN2O2S2. The van der Waals surface area contributed by atoms with Crippen molar-refractivity contribution in [3.63, 3.8) is 0 Å². The number of nitrogens with one attached hydrogen (secondary N) is 1. The third kappa shape index (κ3) is 3.69. The highest BCUT2D eigenvalue weighted by molar-refractivity contribution is 9.10. The summed E-state index contributed by atoms with van der Waals surface area (Å²) in [6, 6.07) is 8.94. The van der Waals surface area contributed by atoms with E-state index < -0.39 is 20.7 Å². The SMILES string of the molecule is CSc1cccc(NS(=O)(=O)c2cc(N)c(Br)cc2F)c1. The van der Waals surface area contributed by atoms with Crippen LogP contribution in [0.2, 0.25) is 0 Å². The van der Waals surface area contributed by atoms with Crippen LogP contribution >= 0.6 is 27.7 Å². The van der Waals surface area contributed by atoms with Crippen LogP contribution in [0.5, 0.6) is 0 Å². The largest absolute Gasteiger partial charge is 0.398 e. The molecule has 0 amide bonds. The van der Waals surface area contributed by atoms with Crippen molar-refractivity contribution < 1.29 is 12.8 Å². The van der Waals surface area contributed by atoms with Crippen molar-refractivity contribution in [1.82, 2.24) is 0 Å². The summed E-state index contributed by atoms with van der Waals surface area (Å²) in [7, 11) is -4.04. The molecule has 0 fully saturated rings. The molecule has 0 aromatic heterocycles. The van der Waals surface area contributed by atoms with Gasteiger partial charge in [-0.1, -0.05) is 6.07 Å². The summed E-state index contributed by atoms with van der Waals surface area (Å²) < 4.78 is 41.0. The van der Waals surface area contributed by atoms with Crippen LogP contribution in [0, 0.1) is 5.82 Å². The standard InChI is InChI=1S/C13H12BrFN2O2S2/c1-20-9-4-2-3-8(5-9)17-21(18,19)13-7-12(16)10(14)6-11(13)15/h2-7,17H,16H2,1H3. The van der Waals surface area contributed by atoms with E-state index in [1.807, 2.05) is 12.3 Å². The molecule has 0 atom stereocenters. The predicted octanol–water partition coefficient (Wildman–Crippen LogP) is 3.69. The lowest BCUT2D eigenvalue weighted by Crippen LogP contribution is -2.15. The first-order valence-corrected chi connectivity index (χ1v) is 9.25. The molecule has 3 N–H and O–H groups in total. The van der Waals surface area contributed by atoms with Crippen molar-refractivity contribution in [2.24, 2.45) is 0 Å². The number of nitrogen functional groups attached to an aromatic ring is 1. The van der Waals surface area contributed by atoms with E-state index in [4.69, 9.17) is 5.73 Å². The summed E-state index contributed by atoms with van der Waals surface area (Å²) in [5.41, 5.74) is 6.13. The van der Waals surface area contributed by atoms with E-state index in [1.165, 1.54) is 11.8 Å². The maximum atomic E-state index is 13.9. The molecule has 0 aliphatic carbocycles. The van der Waals surface area contributed by atoms with Gasteiger partial charge in [0.05, 0.1) is 0 Å². The Balaban J connectivity index is 2.40. The van der Waals surface area contributed by atoms with Crippen molar-refractivity contribution in [2.75, 3.05) is 16.7 Å². The Morgan fingerprint density at radius 1 is 1.29 bits per heavy atom. The van der Waals surface area contributed by atoms with E-state index >= 15 is 0 Å². The molecule has 0 heterocycles. The van der Waals surface area contributed by atoms with E-state index in [-0.39, 0.29) is 5.69 Å². The lowest BCUT2D eigenvalue weighted by atomic mass is 10.3. The topological polar surface area (TPSA) is 72.2 Å². The zero-order valence-corrected chi connectivity index (χ0v) is 14.1. The third-order valence-electron chi connectivity index (χ3n) is 2.66. The van der Waals surface area contributed by atoms with E-state index in [1.54, 1.807) is 18.2 Å². The Bertz CT molecular complexity index is 782. The average Bonchev–Trinajstić information content (AvgIpc) is 2.42. The summed E-state index contributed by atoms with van der Waals surface area (Å²) in [6.45, 7) is 0.